The average molecular weight is 312 g/mol. The van der Waals surface area contributed by atoms with Gasteiger partial charge in [0.2, 0.25) is 0 Å². The third-order valence-corrected chi connectivity index (χ3v) is 3.83. The maximum atomic E-state index is 12.4. The van der Waals surface area contributed by atoms with Gasteiger partial charge >= 0.3 is 12.2 Å². The highest BCUT2D eigenvalue weighted by atomic mass is 19.4. The zero-order valence-corrected chi connectivity index (χ0v) is 12.5. The zero-order valence-electron chi connectivity index (χ0n) is 12.5. The van der Waals surface area contributed by atoms with Crippen LogP contribution in [-0.4, -0.2) is 60.7 Å². The van der Waals surface area contributed by atoms with Gasteiger partial charge in [-0.05, 0) is 32.6 Å². The largest absolute Gasteiger partial charge is 0.414 e. The minimum Gasteiger partial charge on any atom is -0.383 e. The number of urea groups is 1. The van der Waals surface area contributed by atoms with E-state index in [1.54, 1.807) is 0 Å². The number of carbonyl (C=O) groups excluding carboxylic acids is 1. The van der Waals surface area contributed by atoms with Gasteiger partial charge in [-0.1, -0.05) is 0 Å². The molecule has 1 aliphatic rings. The van der Waals surface area contributed by atoms with Crippen molar-refractivity contribution < 1.29 is 27.8 Å². The normalized spacial score (nSPS) is 19.5. The molecule has 1 unspecified atom stereocenters. The molecule has 0 aromatic heterocycles. The van der Waals surface area contributed by atoms with E-state index >= 15 is 0 Å². The van der Waals surface area contributed by atoms with E-state index in [2.05, 4.69) is 5.32 Å². The molecule has 1 fully saturated rings. The van der Waals surface area contributed by atoms with Crippen molar-refractivity contribution >= 4 is 6.03 Å². The van der Waals surface area contributed by atoms with Crippen molar-refractivity contribution in [2.45, 2.75) is 44.6 Å². The number of ether oxygens (including phenoxy) is 1. The molecule has 0 spiro atoms. The number of nitrogens with one attached hydrogen (secondary N) is 1. The lowest BCUT2D eigenvalue weighted by molar-refractivity contribution is -0.222. The van der Waals surface area contributed by atoms with Gasteiger partial charge in [-0.3, -0.25) is 0 Å². The molecule has 1 atom stereocenters. The van der Waals surface area contributed by atoms with Crippen LogP contribution in [0, 0.1) is 5.92 Å². The SMILES string of the molecule is COC(C)(C)CNC(=O)N1CCC(C(O)C(F)(F)F)CC1. The number of aliphatic hydroxyl groups is 1. The summed E-state index contributed by atoms with van der Waals surface area (Å²) in [6.07, 6.45) is -6.63. The second kappa shape index (κ2) is 6.83. The first-order chi connectivity index (χ1) is 9.57. The van der Waals surface area contributed by atoms with Crippen LogP contribution in [0.1, 0.15) is 26.7 Å². The smallest absolute Gasteiger partial charge is 0.383 e. The molecule has 0 radical (unpaired) electrons. The predicted octanol–water partition coefficient (Wildman–Crippen LogP) is 1.76. The summed E-state index contributed by atoms with van der Waals surface area (Å²) in [6, 6.07) is -0.319. The molecule has 0 saturated carbocycles. The Morgan fingerprint density at radius 3 is 2.33 bits per heavy atom. The molecule has 5 nitrogen and oxygen atoms in total. The van der Waals surface area contributed by atoms with Crippen LogP contribution < -0.4 is 5.32 Å². The van der Waals surface area contributed by atoms with Gasteiger partial charge in [0.1, 0.15) is 0 Å². The maximum Gasteiger partial charge on any atom is 0.414 e. The number of rotatable bonds is 4. The van der Waals surface area contributed by atoms with Crippen LogP contribution in [0.15, 0.2) is 0 Å². The molecule has 1 rings (SSSR count). The van der Waals surface area contributed by atoms with Crippen LogP contribution in [0.5, 0.6) is 0 Å². The summed E-state index contributed by atoms with van der Waals surface area (Å²) >= 11 is 0. The van der Waals surface area contributed by atoms with Crippen LogP contribution in [-0.2, 0) is 4.74 Å². The van der Waals surface area contributed by atoms with Crippen molar-refractivity contribution in [2.75, 3.05) is 26.7 Å². The van der Waals surface area contributed by atoms with Gasteiger partial charge in [0.15, 0.2) is 6.10 Å². The summed E-state index contributed by atoms with van der Waals surface area (Å²) in [4.78, 5) is 13.4. The van der Waals surface area contributed by atoms with Gasteiger partial charge in [-0.25, -0.2) is 4.79 Å². The maximum absolute atomic E-state index is 12.4. The third kappa shape index (κ3) is 5.35. The molecule has 0 bridgehead atoms. The second-order valence-electron chi connectivity index (χ2n) is 5.93. The number of hydrogen-bond acceptors (Lipinski definition) is 3. The standard InChI is InChI=1S/C13H23F3N2O3/c1-12(2,21-3)8-17-11(20)18-6-4-9(5-7-18)10(19)13(14,15)16/h9-10,19H,4-8H2,1-3H3,(H,17,20). The van der Waals surface area contributed by atoms with Crippen molar-refractivity contribution in [3.63, 3.8) is 0 Å². The monoisotopic (exact) mass is 312 g/mol. The molecule has 1 heterocycles. The molecule has 0 aromatic carbocycles. The first kappa shape index (κ1) is 18.0. The van der Waals surface area contributed by atoms with Crippen LogP contribution in [0.2, 0.25) is 0 Å². The number of hydrogen-bond donors (Lipinski definition) is 2. The first-order valence-electron chi connectivity index (χ1n) is 6.89. The van der Waals surface area contributed by atoms with Crippen molar-refractivity contribution in [1.29, 1.82) is 0 Å². The summed E-state index contributed by atoms with van der Waals surface area (Å²) in [5.74, 6) is -0.843. The number of methoxy groups -OCH3 is 1. The van der Waals surface area contributed by atoms with Crippen LogP contribution in [0.4, 0.5) is 18.0 Å². The number of piperidine rings is 1. The third-order valence-electron chi connectivity index (χ3n) is 3.83. The summed E-state index contributed by atoms with van der Waals surface area (Å²) < 4.78 is 42.4. The number of halogens is 3. The van der Waals surface area contributed by atoms with Crippen molar-refractivity contribution in [3.05, 3.63) is 0 Å². The Labute approximate surface area is 122 Å². The molecule has 2 N–H and O–H groups in total. The Morgan fingerprint density at radius 2 is 1.90 bits per heavy atom. The molecule has 1 aliphatic heterocycles. The van der Waals surface area contributed by atoms with Gasteiger partial charge in [0.05, 0.1) is 5.60 Å². The molecule has 21 heavy (non-hydrogen) atoms. The number of amides is 2. The summed E-state index contributed by atoms with van der Waals surface area (Å²) in [7, 11) is 1.54. The Balaban J connectivity index is 2.41. The van der Waals surface area contributed by atoms with E-state index < -0.39 is 23.8 Å². The Hall–Kier alpha value is -1.02. The molecule has 124 valence electrons. The van der Waals surface area contributed by atoms with E-state index in [1.807, 2.05) is 13.8 Å². The quantitative estimate of drug-likeness (QED) is 0.831. The molecule has 2 amide bonds. The lowest BCUT2D eigenvalue weighted by Crippen LogP contribution is -2.50. The fourth-order valence-electron chi connectivity index (χ4n) is 2.16. The lowest BCUT2D eigenvalue weighted by Gasteiger charge is -2.35. The highest BCUT2D eigenvalue weighted by Gasteiger charge is 2.44. The van der Waals surface area contributed by atoms with E-state index in [1.165, 1.54) is 12.0 Å². The highest BCUT2D eigenvalue weighted by Crippen LogP contribution is 2.31. The highest BCUT2D eigenvalue weighted by molar-refractivity contribution is 5.74. The molecule has 1 saturated heterocycles. The van der Waals surface area contributed by atoms with Crippen molar-refractivity contribution in [3.8, 4) is 0 Å². The fraction of sp³-hybridized carbons (Fsp3) is 0.923. The fourth-order valence-corrected chi connectivity index (χ4v) is 2.16. The zero-order chi connectivity index (χ0) is 16.3. The van der Waals surface area contributed by atoms with Crippen LogP contribution in [0.3, 0.4) is 0 Å². The summed E-state index contributed by atoms with van der Waals surface area (Å²) in [6.45, 7) is 4.36. The summed E-state index contributed by atoms with van der Waals surface area (Å²) in [5.41, 5.74) is -0.500. The van der Waals surface area contributed by atoms with Crippen LogP contribution in [0.25, 0.3) is 0 Å². The molecule has 0 aromatic rings. The Bertz CT molecular complexity index is 353. The van der Waals surface area contributed by atoms with Gasteiger partial charge in [0, 0.05) is 26.7 Å². The summed E-state index contributed by atoms with van der Waals surface area (Å²) in [5, 5.41) is 11.9. The molecular formula is C13H23F3N2O3. The average Bonchev–Trinajstić information content (AvgIpc) is 2.43. The minimum atomic E-state index is -4.60. The van der Waals surface area contributed by atoms with Crippen LogP contribution >= 0.6 is 0 Å². The van der Waals surface area contributed by atoms with E-state index in [4.69, 9.17) is 4.74 Å². The van der Waals surface area contributed by atoms with Crippen molar-refractivity contribution in [1.82, 2.24) is 10.2 Å². The second-order valence-corrected chi connectivity index (χ2v) is 5.93. The van der Waals surface area contributed by atoms with E-state index in [0.717, 1.165) is 0 Å². The van der Waals surface area contributed by atoms with Gasteiger partial charge in [-0.15, -0.1) is 0 Å². The number of alkyl halides is 3. The van der Waals surface area contributed by atoms with Crippen molar-refractivity contribution in [2.24, 2.45) is 5.92 Å². The van der Waals surface area contributed by atoms with Gasteiger partial charge < -0.3 is 20.1 Å². The topological polar surface area (TPSA) is 61.8 Å². The van der Waals surface area contributed by atoms with E-state index in [9.17, 15) is 23.1 Å². The number of aliphatic hydroxyl groups excluding tert-OH is 1. The first-order valence-corrected chi connectivity index (χ1v) is 6.89. The Kier molecular flexibility index (Phi) is 5.86. The van der Waals surface area contributed by atoms with Gasteiger partial charge in [0.25, 0.3) is 0 Å². The van der Waals surface area contributed by atoms with E-state index in [-0.39, 0.29) is 32.0 Å². The van der Waals surface area contributed by atoms with Gasteiger partial charge in [-0.2, -0.15) is 13.2 Å². The lowest BCUT2D eigenvalue weighted by atomic mass is 9.91. The van der Waals surface area contributed by atoms with E-state index in [0.29, 0.717) is 6.54 Å². The molecule has 0 aliphatic carbocycles. The number of likely N-dealkylation sites (tertiary alicyclic amines) is 1. The predicted molar refractivity (Wildman–Crippen MR) is 70.8 cm³/mol. The number of nitrogens with zero attached hydrogens (tertiary/aromatic N) is 1. The number of carbonyl (C=O) groups is 1. The molecule has 8 heteroatoms. The Morgan fingerprint density at radius 1 is 1.38 bits per heavy atom. The molecular weight excluding hydrogens is 289 g/mol. The minimum absolute atomic E-state index is 0.141.